The Morgan fingerprint density at radius 2 is 2.00 bits per heavy atom. The molecule has 2 N–H and O–H groups in total. The van der Waals surface area contributed by atoms with Gasteiger partial charge in [-0.15, -0.1) is 11.3 Å². The van der Waals surface area contributed by atoms with Crippen molar-refractivity contribution in [3.05, 3.63) is 51.8 Å². The summed E-state index contributed by atoms with van der Waals surface area (Å²) < 4.78 is 5.10. The molecule has 0 spiro atoms. The van der Waals surface area contributed by atoms with Crippen molar-refractivity contribution in [2.75, 3.05) is 33.3 Å². The fraction of sp³-hybridized carbons (Fsp3) is 0.350. The van der Waals surface area contributed by atoms with Gasteiger partial charge in [0.25, 0.3) is 11.8 Å². The molecule has 1 fully saturated rings. The predicted molar refractivity (Wildman–Crippen MR) is 109 cm³/mol. The lowest BCUT2D eigenvalue weighted by Gasteiger charge is -2.21. The van der Waals surface area contributed by atoms with Crippen LogP contribution in [0.25, 0.3) is 10.9 Å². The molecule has 1 unspecified atom stereocenters. The predicted octanol–water partition coefficient (Wildman–Crippen LogP) is 1.73. The number of hydrogen-bond acceptors (Lipinski definition) is 6. The molecule has 1 atom stereocenters. The van der Waals surface area contributed by atoms with Crippen molar-refractivity contribution in [2.24, 2.45) is 0 Å². The van der Waals surface area contributed by atoms with E-state index in [9.17, 15) is 14.7 Å². The van der Waals surface area contributed by atoms with Crippen LogP contribution in [0.1, 0.15) is 25.6 Å². The topological polar surface area (TPSA) is 98.8 Å². The number of nitrogens with zero attached hydrogens (tertiary/aromatic N) is 3. The summed E-state index contributed by atoms with van der Waals surface area (Å²) in [6.07, 6.45) is 0.894. The third-order valence-corrected chi connectivity index (χ3v) is 5.91. The number of benzene rings is 1. The van der Waals surface area contributed by atoms with Gasteiger partial charge in [0.05, 0.1) is 29.3 Å². The molecular weight excluding hydrogens is 392 g/mol. The first-order valence-electron chi connectivity index (χ1n) is 9.31. The lowest BCUT2D eigenvalue weighted by molar-refractivity contribution is 0.0634. The minimum absolute atomic E-state index is 0.135. The van der Waals surface area contributed by atoms with Crippen LogP contribution in [-0.4, -0.2) is 76.3 Å². The molecule has 8 nitrogen and oxygen atoms in total. The Labute approximate surface area is 171 Å². The second kappa shape index (κ2) is 8.32. The third kappa shape index (κ3) is 4.16. The Morgan fingerprint density at radius 3 is 2.76 bits per heavy atom. The summed E-state index contributed by atoms with van der Waals surface area (Å²) in [6.45, 7) is 1.56. The molecule has 2 aromatic heterocycles. The molecule has 1 aliphatic heterocycles. The summed E-state index contributed by atoms with van der Waals surface area (Å²) in [5.41, 5.74) is 2.26. The van der Waals surface area contributed by atoms with E-state index in [1.165, 1.54) is 11.3 Å². The van der Waals surface area contributed by atoms with Gasteiger partial charge in [-0.1, -0.05) is 6.07 Å². The quantitative estimate of drug-likeness (QED) is 0.678. The van der Waals surface area contributed by atoms with Crippen molar-refractivity contribution in [2.45, 2.75) is 12.7 Å². The second-order valence-corrected chi connectivity index (χ2v) is 7.99. The molecular formula is C20H22N4O4S. The lowest BCUT2D eigenvalue weighted by Crippen LogP contribution is -2.37. The maximum Gasteiger partial charge on any atom is 0.264 e. The highest BCUT2D eigenvalue weighted by molar-refractivity contribution is 7.12. The van der Waals surface area contributed by atoms with Crippen LogP contribution in [0.15, 0.2) is 35.8 Å². The molecule has 3 heterocycles. The van der Waals surface area contributed by atoms with Crippen LogP contribution in [0.3, 0.4) is 0 Å². The monoisotopic (exact) mass is 414 g/mol. The highest BCUT2D eigenvalue weighted by Gasteiger charge is 2.28. The number of rotatable bonds is 4. The van der Waals surface area contributed by atoms with E-state index in [0.29, 0.717) is 30.1 Å². The number of methoxy groups -OCH3 is 1. The Bertz CT molecular complexity index is 1030. The Hall–Kier alpha value is -2.75. The van der Waals surface area contributed by atoms with Crippen molar-refractivity contribution < 1.29 is 19.4 Å². The molecule has 29 heavy (non-hydrogen) atoms. The SMILES string of the molecule is COCc1csc(C(=O)N2CCN(C(=O)c3ccc4cn[nH]c4c3)CC(O)C2)c1. The van der Waals surface area contributed by atoms with Crippen molar-refractivity contribution in [1.82, 2.24) is 20.0 Å². The summed E-state index contributed by atoms with van der Waals surface area (Å²) >= 11 is 1.36. The molecule has 0 radical (unpaired) electrons. The van der Waals surface area contributed by atoms with Crippen molar-refractivity contribution >= 4 is 34.1 Å². The molecule has 9 heteroatoms. The maximum absolute atomic E-state index is 13.0. The van der Waals surface area contributed by atoms with Gasteiger partial charge >= 0.3 is 0 Å². The first kappa shape index (κ1) is 19.6. The van der Waals surface area contributed by atoms with E-state index in [1.807, 2.05) is 17.5 Å². The molecule has 4 rings (SSSR count). The molecule has 152 valence electrons. The van der Waals surface area contributed by atoms with E-state index >= 15 is 0 Å². The van der Waals surface area contributed by atoms with E-state index < -0.39 is 6.10 Å². The van der Waals surface area contributed by atoms with Gasteiger partial charge in [-0.3, -0.25) is 14.7 Å². The van der Waals surface area contributed by atoms with E-state index in [-0.39, 0.29) is 24.9 Å². The van der Waals surface area contributed by atoms with Gasteiger partial charge in [-0.25, -0.2) is 0 Å². The normalized spacial score (nSPS) is 17.5. The number of thiophene rings is 1. The number of aromatic nitrogens is 2. The molecule has 1 aromatic carbocycles. The number of hydrogen-bond donors (Lipinski definition) is 2. The minimum Gasteiger partial charge on any atom is -0.389 e. The van der Waals surface area contributed by atoms with Crippen LogP contribution in [-0.2, 0) is 11.3 Å². The highest BCUT2D eigenvalue weighted by Crippen LogP contribution is 2.20. The molecule has 2 amide bonds. The lowest BCUT2D eigenvalue weighted by atomic mass is 10.1. The Morgan fingerprint density at radius 1 is 1.24 bits per heavy atom. The van der Waals surface area contributed by atoms with Crippen molar-refractivity contribution in [1.29, 1.82) is 0 Å². The number of carbonyl (C=O) groups is 2. The van der Waals surface area contributed by atoms with Crippen LogP contribution >= 0.6 is 11.3 Å². The van der Waals surface area contributed by atoms with Crippen molar-refractivity contribution in [3.8, 4) is 0 Å². The molecule has 1 saturated heterocycles. The molecule has 0 saturated carbocycles. The van der Waals surface area contributed by atoms with Gasteiger partial charge in [0.1, 0.15) is 0 Å². The first-order valence-corrected chi connectivity index (χ1v) is 10.2. The number of aliphatic hydroxyl groups excluding tert-OH is 1. The van der Waals surface area contributed by atoms with Crippen molar-refractivity contribution in [3.63, 3.8) is 0 Å². The number of H-pyrrole nitrogens is 1. The number of carbonyl (C=O) groups excluding carboxylic acids is 2. The van der Waals surface area contributed by atoms with Gasteiger partial charge in [-0.05, 0) is 29.1 Å². The zero-order valence-electron chi connectivity index (χ0n) is 16.0. The summed E-state index contributed by atoms with van der Waals surface area (Å²) in [6, 6.07) is 7.16. The molecule has 0 aliphatic carbocycles. The third-order valence-electron chi connectivity index (χ3n) is 4.94. The van der Waals surface area contributed by atoms with Crippen LogP contribution in [0.5, 0.6) is 0 Å². The number of β-amino-alcohol motifs (C(OH)–C–C–N with tert-alkyl or cyclic N) is 1. The maximum atomic E-state index is 13.0. The van der Waals surface area contributed by atoms with Gasteiger partial charge in [0.2, 0.25) is 0 Å². The summed E-state index contributed by atoms with van der Waals surface area (Å²) in [4.78, 5) is 29.6. The first-order chi connectivity index (χ1) is 14.0. The van der Waals surface area contributed by atoms with Gasteiger partial charge < -0.3 is 19.6 Å². The summed E-state index contributed by atoms with van der Waals surface area (Å²) in [5.74, 6) is -0.307. The fourth-order valence-corrected chi connectivity index (χ4v) is 4.36. The fourth-order valence-electron chi connectivity index (χ4n) is 3.50. The largest absolute Gasteiger partial charge is 0.389 e. The average molecular weight is 414 g/mol. The number of aromatic amines is 1. The van der Waals surface area contributed by atoms with E-state index in [2.05, 4.69) is 10.2 Å². The number of aliphatic hydroxyl groups is 1. The van der Waals surface area contributed by atoms with Crippen LogP contribution in [0, 0.1) is 0 Å². The van der Waals surface area contributed by atoms with E-state index in [4.69, 9.17) is 4.74 Å². The van der Waals surface area contributed by atoms with Gasteiger partial charge in [0.15, 0.2) is 0 Å². The van der Waals surface area contributed by atoms with Crippen LogP contribution < -0.4 is 0 Å². The van der Waals surface area contributed by atoms with E-state index in [0.717, 1.165) is 16.5 Å². The smallest absolute Gasteiger partial charge is 0.264 e. The molecule has 1 aliphatic rings. The number of amides is 2. The van der Waals surface area contributed by atoms with Gasteiger partial charge in [-0.2, -0.15) is 5.10 Å². The number of ether oxygens (including phenoxy) is 1. The zero-order chi connectivity index (χ0) is 20.4. The number of fused-ring (bicyclic) bond motifs is 1. The van der Waals surface area contributed by atoms with Gasteiger partial charge in [0, 0.05) is 44.2 Å². The highest BCUT2D eigenvalue weighted by atomic mass is 32.1. The Balaban J connectivity index is 1.46. The minimum atomic E-state index is -0.806. The van der Waals surface area contributed by atoms with Crippen LogP contribution in [0.4, 0.5) is 0 Å². The molecule has 0 bridgehead atoms. The average Bonchev–Trinajstić information content (AvgIpc) is 3.33. The number of nitrogens with one attached hydrogen (secondary N) is 1. The second-order valence-electron chi connectivity index (χ2n) is 7.08. The standard InChI is InChI=1S/C20H22N4O4S/c1-28-11-13-6-18(29-12-13)20(27)24-5-4-23(9-16(25)10-24)19(26)14-2-3-15-8-21-22-17(15)7-14/h2-3,6-8,12,16,25H,4-5,9-11H2,1H3,(H,21,22). The Kier molecular flexibility index (Phi) is 5.61. The zero-order valence-corrected chi connectivity index (χ0v) is 16.8. The van der Waals surface area contributed by atoms with Crippen LogP contribution in [0.2, 0.25) is 0 Å². The summed E-state index contributed by atoms with van der Waals surface area (Å²) in [5, 5.41) is 20.1. The summed E-state index contributed by atoms with van der Waals surface area (Å²) in [7, 11) is 1.61. The van der Waals surface area contributed by atoms with E-state index in [1.54, 1.807) is 35.2 Å². The molecule has 3 aromatic rings.